The number of nitrogens with two attached hydrogens (primary N) is 1. The molecule has 6 atom stereocenters. The topological polar surface area (TPSA) is 145 Å². The largest absolute Gasteiger partial charge is 0.477 e. The zero-order valence-electron chi connectivity index (χ0n) is 17.9. The molecule has 2 saturated heterocycles. The molecule has 0 radical (unpaired) electrons. The van der Waals surface area contributed by atoms with Crippen molar-refractivity contribution in [3.8, 4) is 0 Å². The fourth-order valence-corrected chi connectivity index (χ4v) is 6.49. The molecule has 4 rings (SSSR count). The molecule has 0 aliphatic carbocycles. The molecule has 0 aromatic heterocycles. The number of aliphatic carboxylic acids is 1. The Balaban J connectivity index is 1.45. The van der Waals surface area contributed by atoms with Crippen LogP contribution in [-0.2, 0) is 20.8 Å². The van der Waals surface area contributed by atoms with E-state index in [0.29, 0.717) is 6.54 Å². The predicted octanol–water partition coefficient (Wildman–Crippen LogP) is 0.509. The van der Waals surface area contributed by atoms with Crippen LogP contribution in [0.2, 0.25) is 0 Å². The van der Waals surface area contributed by atoms with Gasteiger partial charge in [0.2, 0.25) is 11.8 Å². The number of hydrogen-bond acceptors (Lipinski definition) is 7. The van der Waals surface area contributed by atoms with E-state index in [1.807, 2.05) is 31.2 Å². The zero-order valence-corrected chi connectivity index (χ0v) is 18.8. The molecule has 0 unspecified atom stereocenters. The molecule has 6 N–H and O–H groups in total. The van der Waals surface area contributed by atoms with Gasteiger partial charge >= 0.3 is 5.97 Å². The maximum absolute atomic E-state index is 12.5. The number of β-lactam (4-membered cyclic amide) rings is 1. The van der Waals surface area contributed by atoms with E-state index in [4.69, 9.17) is 5.84 Å². The molecule has 2 amide bonds. The predicted molar refractivity (Wildman–Crippen MR) is 119 cm³/mol. The summed E-state index contributed by atoms with van der Waals surface area (Å²) in [6, 6.07) is 7.62. The van der Waals surface area contributed by atoms with Crippen LogP contribution in [0.1, 0.15) is 37.4 Å². The number of nitrogens with zero attached hydrogens (tertiary/aromatic N) is 1. The summed E-state index contributed by atoms with van der Waals surface area (Å²) in [6.07, 6.45) is 0.234. The summed E-state index contributed by atoms with van der Waals surface area (Å²) in [7, 11) is 0. The molecule has 0 bridgehead atoms. The van der Waals surface area contributed by atoms with Gasteiger partial charge < -0.3 is 20.4 Å². The number of hydrogen-bond donors (Lipinski definition) is 5. The van der Waals surface area contributed by atoms with Crippen molar-refractivity contribution in [3.63, 3.8) is 0 Å². The van der Waals surface area contributed by atoms with Crippen LogP contribution in [0.15, 0.2) is 34.9 Å². The average molecular weight is 461 g/mol. The Labute approximate surface area is 190 Å². The fourth-order valence-electron chi connectivity index (χ4n) is 5.01. The number of hydrazine groups is 1. The minimum absolute atomic E-state index is 0.0698. The summed E-state index contributed by atoms with van der Waals surface area (Å²) in [4.78, 5) is 38.0. The highest BCUT2D eigenvalue weighted by atomic mass is 32.2. The van der Waals surface area contributed by atoms with Crippen molar-refractivity contribution in [3.05, 3.63) is 46.0 Å². The summed E-state index contributed by atoms with van der Waals surface area (Å²) in [5, 5.41) is 23.4. The van der Waals surface area contributed by atoms with Crippen molar-refractivity contribution >= 4 is 29.5 Å². The molecule has 10 heteroatoms. The Morgan fingerprint density at radius 1 is 1.34 bits per heavy atom. The Hall–Kier alpha value is -2.40. The van der Waals surface area contributed by atoms with Gasteiger partial charge in [-0.15, -0.1) is 11.8 Å². The lowest BCUT2D eigenvalue weighted by molar-refractivity contribution is -0.163. The van der Waals surface area contributed by atoms with Crippen molar-refractivity contribution in [2.45, 2.75) is 50.1 Å². The van der Waals surface area contributed by atoms with Gasteiger partial charge in [0, 0.05) is 28.7 Å². The molecule has 3 heterocycles. The SMILES string of the molecule is C[C@@H](O)[C@H]1C(=O)N2C(C(=O)O)=C(S[C@@H]3CN[C@@H](c4ccc(CC(=O)NN)cc4)C3)[C@H](C)[C@H]12. The minimum atomic E-state index is -1.10. The average Bonchev–Trinajstić information content (AvgIpc) is 3.30. The van der Waals surface area contributed by atoms with E-state index in [0.717, 1.165) is 22.5 Å². The number of aliphatic hydroxyl groups excluding tert-OH is 1. The first kappa shape index (κ1) is 22.8. The van der Waals surface area contributed by atoms with Crippen LogP contribution >= 0.6 is 11.8 Å². The van der Waals surface area contributed by atoms with Crippen LogP contribution in [0.5, 0.6) is 0 Å². The van der Waals surface area contributed by atoms with Gasteiger partial charge in [0.15, 0.2) is 0 Å². The van der Waals surface area contributed by atoms with Crippen molar-refractivity contribution in [2.75, 3.05) is 6.54 Å². The molecule has 1 aromatic carbocycles. The molecule has 9 nitrogen and oxygen atoms in total. The molecular formula is C22H28N4O5S. The number of aliphatic hydroxyl groups is 1. The third-order valence-electron chi connectivity index (χ3n) is 6.60. The van der Waals surface area contributed by atoms with Gasteiger partial charge in [0.25, 0.3) is 0 Å². The van der Waals surface area contributed by atoms with Crippen molar-refractivity contribution in [1.29, 1.82) is 0 Å². The molecule has 1 aromatic rings. The van der Waals surface area contributed by atoms with E-state index in [-0.39, 0.29) is 47.2 Å². The third kappa shape index (κ3) is 3.92. The second-order valence-corrected chi connectivity index (χ2v) is 10.0. The van der Waals surface area contributed by atoms with Crippen molar-refractivity contribution < 1.29 is 24.6 Å². The maximum Gasteiger partial charge on any atom is 0.353 e. The molecule has 172 valence electrons. The van der Waals surface area contributed by atoms with E-state index >= 15 is 0 Å². The Morgan fingerprint density at radius 3 is 2.62 bits per heavy atom. The Kier molecular flexibility index (Phi) is 6.30. The standard InChI is InChI=1S/C22H28N4O5S/c1-10-18-17(11(2)27)21(29)26(18)19(22(30)31)20(10)32-14-8-15(24-9-14)13-5-3-12(4-6-13)7-16(28)25-23/h3-6,10-11,14-15,17-18,24,27H,7-9,23H2,1-2H3,(H,25,28)(H,30,31)/t10-,11-,14+,15-,17-,18-/m1/s1. The zero-order chi connectivity index (χ0) is 23.2. The van der Waals surface area contributed by atoms with E-state index in [9.17, 15) is 24.6 Å². The van der Waals surface area contributed by atoms with Crippen LogP contribution in [0.25, 0.3) is 0 Å². The normalized spacial score (nSPS) is 30.2. The number of carboxylic acids is 1. The minimum Gasteiger partial charge on any atom is -0.477 e. The van der Waals surface area contributed by atoms with Gasteiger partial charge in [0.1, 0.15) is 5.70 Å². The first-order valence-electron chi connectivity index (χ1n) is 10.7. The number of benzene rings is 1. The molecule has 0 spiro atoms. The summed E-state index contributed by atoms with van der Waals surface area (Å²) in [6.45, 7) is 4.24. The van der Waals surface area contributed by atoms with Crippen LogP contribution < -0.4 is 16.6 Å². The quantitative estimate of drug-likeness (QED) is 0.171. The molecule has 3 aliphatic heterocycles. The summed E-state index contributed by atoms with van der Waals surface area (Å²) in [5.74, 6) is 2.80. The van der Waals surface area contributed by atoms with Gasteiger partial charge in [-0.2, -0.15) is 0 Å². The highest BCUT2D eigenvalue weighted by Crippen LogP contribution is 2.52. The molecular weight excluding hydrogens is 432 g/mol. The Morgan fingerprint density at radius 2 is 2.03 bits per heavy atom. The van der Waals surface area contributed by atoms with Crippen LogP contribution in [0.4, 0.5) is 0 Å². The smallest absolute Gasteiger partial charge is 0.353 e. The molecule has 2 fully saturated rings. The molecule has 0 saturated carbocycles. The van der Waals surface area contributed by atoms with E-state index in [2.05, 4.69) is 10.7 Å². The van der Waals surface area contributed by atoms with Gasteiger partial charge in [-0.05, 0) is 24.5 Å². The highest BCUT2D eigenvalue weighted by molar-refractivity contribution is 8.03. The molecule has 3 aliphatic rings. The summed E-state index contributed by atoms with van der Waals surface area (Å²) in [5.41, 5.74) is 4.17. The van der Waals surface area contributed by atoms with Gasteiger partial charge in [0.05, 0.1) is 24.5 Å². The van der Waals surface area contributed by atoms with E-state index in [1.54, 1.807) is 6.92 Å². The maximum atomic E-state index is 12.5. The third-order valence-corrected chi connectivity index (χ3v) is 8.11. The van der Waals surface area contributed by atoms with Gasteiger partial charge in [-0.25, -0.2) is 10.6 Å². The number of carbonyl (C=O) groups excluding carboxylic acids is 2. The first-order valence-corrected chi connectivity index (χ1v) is 11.6. The summed E-state index contributed by atoms with van der Waals surface area (Å²) < 4.78 is 0. The van der Waals surface area contributed by atoms with Crippen molar-refractivity contribution in [1.82, 2.24) is 15.6 Å². The molecule has 32 heavy (non-hydrogen) atoms. The number of carboxylic acid groups (broad SMARTS) is 1. The Bertz CT molecular complexity index is 964. The number of thioether (sulfide) groups is 1. The monoisotopic (exact) mass is 460 g/mol. The highest BCUT2D eigenvalue weighted by Gasteiger charge is 2.60. The van der Waals surface area contributed by atoms with Crippen molar-refractivity contribution in [2.24, 2.45) is 17.7 Å². The number of carbonyl (C=O) groups is 3. The second kappa shape index (κ2) is 8.86. The first-order chi connectivity index (χ1) is 15.2. The van der Waals surface area contributed by atoms with Gasteiger partial charge in [-0.1, -0.05) is 31.2 Å². The van der Waals surface area contributed by atoms with Gasteiger partial charge in [-0.3, -0.25) is 15.0 Å². The number of nitrogens with one attached hydrogen (secondary N) is 2. The van der Waals surface area contributed by atoms with E-state index in [1.165, 1.54) is 16.7 Å². The van der Waals surface area contributed by atoms with Crippen LogP contribution in [-0.4, -0.2) is 56.8 Å². The lowest BCUT2D eigenvalue weighted by Crippen LogP contribution is -2.63. The number of rotatable bonds is 7. The summed E-state index contributed by atoms with van der Waals surface area (Å²) >= 11 is 1.53. The lowest BCUT2D eigenvalue weighted by atomic mass is 9.79. The number of fused-ring (bicyclic) bond motifs is 1. The number of amides is 2. The van der Waals surface area contributed by atoms with Crippen LogP contribution in [0, 0.1) is 11.8 Å². The van der Waals surface area contributed by atoms with E-state index < -0.39 is 18.0 Å². The lowest BCUT2D eigenvalue weighted by Gasteiger charge is -2.46. The fraction of sp³-hybridized carbons (Fsp3) is 0.500. The second-order valence-electron chi connectivity index (χ2n) is 8.69. The van der Waals surface area contributed by atoms with Crippen LogP contribution in [0.3, 0.4) is 0 Å².